The number of aromatic nitrogens is 5. The highest BCUT2D eigenvalue weighted by molar-refractivity contribution is 6.11. The molecular weight excluding hydrogens is 420 g/mol. The number of fused-ring (bicyclic) bond motifs is 1. The summed E-state index contributed by atoms with van der Waals surface area (Å²) in [5.74, 6) is -0.382. The standard InChI is InChI=1S/C23H16N8O2/c32-20-18(21(33)28-16-8-2-1-3-9-16)13-15-7-4-5-10-17(15)19(20)29-30-23-26-14-27-31(23)22-24-11-6-12-25-22/h1-14,32H,(H,28,33)/b30-29+. The van der Waals surface area contributed by atoms with Gasteiger partial charge in [0.2, 0.25) is 0 Å². The van der Waals surface area contributed by atoms with Crippen LogP contribution in [-0.4, -0.2) is 35.7 Å². The second kappa shape index (κ2) is 8.63. The zero-order valence-electron chi connectivity index (χ0n) is 17.1. The van der Waals surface area contributed by atoms with Crippen molar-refractivity contribution in [3.63, 3.8) is 0 Å². The maximum absolute atomic E-state index is 12.9. The summed E-state index contributed by atoms with van der Waals surface area (Å²) in [4.78, 5) is 25.3. The van der Waals surface area contributed by atoms with E-state index in [9.17, 15) is 9.90 Å². The number of benzene rings is 3. The Kier molecular flexibility index (Phi) is 5.22. The van der Waals surface area contributed by atoms with Crippen LogP contribution in [0.15, 0.2) is 95.7 Å². The maximum atomic E-state index is 12.9. The lowest BCUT2D eigenvalue weighted by atomic mass is 10.0. The molecule has 0 aliphatic heterocycles. The Bertz CT molecular complexity index is 1470. The molecule has 10 nitrogen and oxygen atoms in total. The molecule has 5 aromatic rings. The minimum absolute atomic E-state index is 0.0689. The Balaban J connectivity index is 1.57. The highest BCUT2D eigenvalue weighted by Crippen LogP contribution is 2.39. The summed E-state index contributed by atoms with van der Waals surface area (Å²) in [6.07, 6.45) is 4.44. The first-order chi connectivity index (χ1) is 16.2. The number of nitrogens with zero attached hydrogens (tertiary/aromatic N) is 7. The minimum atomic E-state index is -0.471. The number of para-hydroxylation sites is 1. The number of phenols is 1. The van der Waals surface area contributed by atoms with Crippen LogP contribution in [0.25, 0.3) is 16.7 Å². The van der Waals surface area contributed by atoms with Crippen LogP contribution in [0.2, 0.25) is 0 Å². The molecule has 0 saturated carbocycles. The highest BCUT2D eigenvalue weighted by Gasteiger charge is 2.19. The summed E-state index contributed by atoms with van der Waals surface area (Å²) in [6.45, 7) is 0. The van der Waals surface area contributed by atoms with Crippen molar-refractivity contribution in [3.8, 4) is 11.7 Å². The third-order valence-corrected chi connectivity index (χ3v) is 4.78. The molecule has 2 aromatic heterocycles. The van der Waals surface area contributed by atoms with E-state index >= 15 is 0 Å². The largest absolute Gasteiger partial charge is 0.505 e. The van der Waals surface area contributed by atoms with Crippen LogP contribution in [0.3, 0.4) is 0 Å². The van der Waals surface area contributed by atoms with E-state index in [0.717, 1.165) is 5.39 Å². The molecule has 3 aromatic carbocycles. The normalized spacial score (nSPS) is 11.2. The topological polar surface area (TPSA) is 131 Å². The van der Waals surface area contributed by atoms with Crippen molar-refractivity contribution in [1.82, 2.24) is 24.7 Å². The van der Waals surface area contributed by atoms with E-state index in [1.807, 2.05) is 36.4 Å². The average Bonchev–Trinajstić information content (AvgIpc) is 3.33. The van der Waals surface area contributed by atoms with Gasteiger partial charge in [0, 0.05) is 23.5 Å². The molecule has 0 aliphatic rings. The summed E-state index contributed by atoms with van der Waals surface area (Å²) in [5, 5.41) is 27.5. The van der Waals surface area contributed by atoms with Gasteiger partial charge in [-0.15, -0.1) is 10.2 Å². The van der Waals surface area contributed by atoms with Crippen molar-refractivity contribution in [3.05, 3.63) is 91.0 Å². The van der Waals surface area contributed by atoms with Crippen LogP contribution in [0.4, 0.5) is 17.3 Å². The number of hydrogen-bond acceptors (Lipinski definition) is 8. The fourth-order valence-corrected chi connectivity index (χ4v) is 3.25. The van der Waals surface area contributed by atoms with Crippen molar-refractivity contribution in [2.45, 2.75) is 0 Å². The number of rotatable bonds is 5. The van der Waals surface area contributed by atoms with E-state index in [2.05, 4.69) is 35.6 Å². The number of carbonyl (C=O) groups is 1. The number of anilines is 1. The Morgan fingerprint density at radius 1 is 0.909 bits per heavy atom. The fraction of sp³-hybridized carbons (Fsp3) is 0. The summed E-state index contributed by atoms with van der Waals surface area (Å²) in [7, 11) is 0. The molecule has 160 valence electrons. The van der Waals surface area contributed by atoms with Crippen LogP contribution in [0.1, 0.15) is 10.4 Å². The van der Waals surface area contributed by atoms with Crippen molar-refractivity contribution < 1.29 is 9.90 Å². The molecule has 0 radical (unpaired) electrons. The zero-order valence-corrected chi connectivity index (χ0v) is 17.1. The van der Waals surface area contributed by atoms with Gasteiger partial charge in [0.25, 0.3) is 17.8 Å². The smallest absolute Gasteiger partial charge is 0.274 e. The first-order valence-electron chi connectivity index (χ1n) is 9.91. The van der Waals surface area contributed by atoms with Crippen molar-refractivity contribution in [2.75, 3.05) is 5.32 Å². The van der Waals surface area contributed by atoms with Crippen molar-refractivity contribution in [1.29, 1.82) is 0 Å². The zero-order chi connectivity index (χ0) is 22.6. The van der Waals surface area contributed by atoms with Gasteiger partial charge in [-0.3, -0.25) is 4.79 Å². The lowest BCUT2D eigenvalue weighted by Crippen LogP contribution is -2.12. The predicted octanol–water partition coefficient (Wildman–Crippen LogP) is 4.58. The van der Waals surface area contributed by atoms with Crippen LogP contribution in [0, 0.1) is 0 Å². The molecule has 2 heterocycles. The van der Waals surface area contributed by atoms with E-state index in [-0.39, 0.29) is 28.9 Å². The molecule has 0 spiro atoms. The summed E-state index contributed by atoms with van der Waals surface area (Å²) in [5.41, 5.74) is 0.809. The van der Waals surface area contributed by atoms with Gasteiger partial charge < -0.3 is 10.4 Å². The van der Waals surface area contributed by atoms with Gasteiger partial charge in [0.1, 0.15) is 12.0 Å². The van der Waals surface area contributed by atoms with Gasteiger partial charge in [0.15, 0.2) is 5.75 Å². The van der Waals surface area contributed by atoms with E-state index in [1.165, 1.54) is 11.0 Å². The number of hydrogen-bond donors (Lipinski definition) is 2. The fourth-order valence-electron chi connectivity index (χ4n) is 3.25. The van der Waals surface area contributed by atoms with Crippen LogP contribution < -0.4 is 5.32 Å². The molecule has 0 aliphatic carbocycles. The quantitative estimate of drug-likeness (QED) is 0.388. The molecule has 5 rings (SSSR count). The third kappa shape index (κ3) is 4.00. The molecule has 0 saturated heterocycles. The van der Waals surface area contributed by atoms with E-state index in [1.54, 1.807) is 42.7 Å². The van der Waals surface area contributed by atoms with E-state index < -0.39 is 5.91 Å². The SMILES string of the molecule is O=C(Nc1ccccc1)c1cc2ccccc2c(/N=N/c2ncnn2-c2ncccn2)c1O. The summed E-state index contributed by atoms with van der Waals surface area (Å²) >= 11 is 0. The lowest BCUT2D eigenvalue weighted by molar-refractivity contribution is 0.102. The van der Waals surface area contributed by atoms with Crippen LogP contribution >= 0.6 is 0 Å². The lowest BCUT2D eigenvalue weighted by Gasteiger charge is -2.11. The molecule has 33 heavy (non-hydrogen) atoms. The van der Waals surface area contributed by atoms with Crippen LogP contribution in [0.5, 0.6) is 5.75 Å². The first kappa shape index (κ1) is 19.9. The Morgan fingerprint density at radius 2 is 1.67 bits per heavy atom. The second-order valence-corrected chi connectivity index (χ2v) is 6.88. The molecule has 0 fully saturated rings. The molecule has 0 atom stereocenters. The van der Waals surface area contributed by atoms with E-state index in [4.69, 9.17) is 0 Å². The van der Waals surface area contributed by atoms with Gasteiger partial charge in [-0.25, -0.2) is 9.97 Å². The summed E-state index contributed by atoms with van der Waals surface area (Å²) < 4.78 is 1.31. The Labute approximate surface area is 187 Å². The Morgan fingerprint density at radius 3 is 2.48 bits per heavy atom. The van der Waals surface area contributed by atoms with Gasteiger partial charge in [-0.1, -0.05) is 42.5 Å². The van der Waals surface area contributed by atoms with Crippen molar-refractivity contribution in [2.24, 2.45) is 10.2 Å². The monoisotopic (exact) mass is 436 g/mol. The molecular formula is C23H16N8O2. The molecule has 1 amide bonds. The van der Waals surface area contributed by atoms with Gasteiger partial charge in [-0.2, -0.15) is 14.8 Å². The van der Waals surface area contributed by atoms with Crippen molar-refractivity contribution >= 4 is 34.0 Å². The molecule has 2 N–H and O–H groups in total. The van der Waals surface area contributed by atoms with Gasteiger partial charge in [0.05, 0.1) is 5.56 Å². The first-order valence-corrected chi connectivity index (χ1v) is 9.91. The van der Waals surface area contributed by atoms with Gasteiger partial charge >= 0.3 is 0 Å². The second-order valence-electron chi connectivity index (χ2n) is 6.88. The average molecular weight is 436 g/mol. The number of nitrogens with one attached hydrogen (secondary N) is 1. The summed E-state index contributed by atoms with van der Waals surface area (Å²) in [6, 6.07) is 19.5. The number of azo groups is 1. The number of amides is 1. The van der Waals surface area contributed by atoms with Crippen LogP contribution in [-0.2, 0) is 0 Å². The minimum Gasteiger partial charge on any atom is -0.505 e. The Hall–Kier alpha value is -4.99. The number of carbonyl (C=O) groups excluding carboxylic acids is 1. The number of phenolic OH excluding ortho intramolecular Hbond substituents is 1. The third-order valence-electron chi connectivity index (χ3n) is 4.78. The van der Waals surface area contributed by atoms with Gasteiger partial charge in [-0.05, 0) is 29.7 Å². The molecule has 0 bridgehead atoms. The highest BCUT2D eigenvalue weighted by atomic mass is 16.3. The maximum Gasteiger partial charge on any atom is 0.274 e. The molecule has 0 unspecified atom stereocenters. The molecule has 10 heteroatoms. The predicted molar refractivity (Wildman–Crippen MR) is 121 cm³/mol. The number of aromatic hydroxyl groups is 1. The van der Waals surface area contributed by atoms with E-state index in [0.29, 0.717) is 11.1 Å².